The van der Waals surface area contributed by atoms with Gasteiger partial charge in [-0.3, -0.25) is 9.78 Å². The van der Waals surface area contributed by atoms with E-state index in [4.69, 9.17) is 10.7 Å². The summed E-state index contributed by atoms with van der Waals surface area (Å²) < 4.78 is 2.19. The number of benzene rings is 4. The number of hydrogen-bond acceptors (Lipinski definition) is 5. The molecule has 1 fully saturated rings. The Morgan fingerprint density at radius 2 is 1.71 bits per heavy atom. The highest BCUT2D eigenvalue weighted by atomic mass is 16.3. The predicted octanol–water partition coefficient (Wildman–Crippen LogP) is 6.01. The molecule has 5 N–H and O–H groups in total. The van der Waals surface area contributed by atoms with Crippen molar-refractivity contribution in [1.29, 1.82) is 0 Å². The van der Waals surface area contributed by atoms with Gasteiger partial charge in [0, 0.05) is 27.9 Å². The molecular formula is C35H33N5O2. The van der Waals surface area contributed by atoms with E-state index in [0.29, 0.717) is 24.1 Å². The van der Waals surface area contributed by atoms with Crippen LogP contribution in [0, 0.1) is 0 Å². The van der Waals surface area contributed by atoms with Crippen LogP contribution in [0.5, 0.6) is 0 Å². The molecule has 0 radical (unpaired) electrons. The van der Waals surface area contributed by atoms with E-state index in [-0.39, 0.29) is 6.04 Å². The Labute approximate surface area is 244 Å². The molecule has 1 amide bonds. The van der Waals surface area contributed by atoms with E-state index < -0.39 is 11.5 Å². The molecule has 6 aromatic rings. The molecule has 0 bridgehead atoms. The molecule has 7 heteroatoms. The number of pyridine rings is 1. The average Bonchev–Trinajstić information content (AvgIpc) is 3.35. The lowest BCUT2D eigenvalue weighted by molar-refractivity contribution is -0.00266. The number of primary amides is 1. The fraction of sp³-hybridized carbons (Fsp3) is 0.200. The number of piperidine rings is 1. The number of para-hydroxylation sites is 3. The largest absolute Gasteiger partial charge is 0.388 e. The van der Waals surface area contributed by atoms with Crippen molar-refractivity contribution in [3.8, 4) is 16.8 Å². The molecule has 1 atom stereocenters. The molecule has 1 saturated heterocycles. The Balaban J connectivity index is 1.47. The van der Waals surface area contributed by atoms with Gasteiger partial charge < -0.3 is 26.0 Å². The van der Waals surface area contributed by atoms with E-state index in [1.54, 1.807) is 6.07 Å². The van der Waals surface area contributed by atoms with Crippen LogP contribution >= 0.6 is 0 Å². The van der Waals surface area contributed by atoms with Crippen molar-refractivity contribution in [3.63, 3.8) is 0 Å². The van der Waals surface area contributed by atoms with Crippen LogP contribution in [0.2, 0.25) is 0 Å². The number of rotatable bonds is 6. The number of aromatic nitrogens is 2. The third-order valence-corrected chi connectivity index (χ3v) is 8.78. The van der Waals surface area contributed by atoms with Gasteiger partial charge in [0.05, 0.1) is 45.1 Å². The number of amides is 1. The lowest BCUT2D eigenvalue weighted by Gasteiger charge is -2.39. The fourth-order valence-electron chi connectivity index (χ4n) is 6.46. The van der Waals surface area contributed by atoms with Gasteiger partial charge in [-0.2, -0.15) is 0 Å². The second-order valence-corrected chi connectivity index (χ2v) is 11.3. The summed E-state index contributed by atoms with van der Waals surface area (Å²) in [5.74, 6) is -0.521. The summed E-state index contributed by atoms with van der Waals surface area (Å²) in [6.45, 7) is 3.46. The summed E-state index contributed by atoms with van der Waals surface area (Å²) >= 11 is 0. The van der Waals surface area contributed by atoms with E-state index in [1.165, 1.54) is 0 Å². The van der Waals surface area contributed by atoms with E-state index in [0.717, 1.165) is 62.6 Å². The van der Waals surface area contributed by atoms with Gasteiger partial charge in [0.15, 0.2) is 0 Å². The average molecular weight is 556 g/mol. The summed E-state index contributed by atoms with van der Waals surface area (Å²) in [7, 11) is 0. The fourth-order valence-corrected chi connectivity index (χ4v) is 6.46. The molecular weight excluding hydrogens is 522 g/mol. The van der Waals surface area contributed by atoms with Gasteiger partial charge in [-0.1, -0.05) is 54.6 Å². The standard InChI is InChI=1S/C35H33N5O2/c1-22(35(42)16-18-37-19-17-35)39-33-27(34(36)41)11-7-15-31(33)40-29-13-5-3-9-26(29)32-25(10-6-14-30(32)40)24-20-23-8-2-4-12-28(23)38-21-24/h2-15,20-22,37,39,42H,16-19H2,1H3,(H2,36,41). The van der Waals surface area contributed by atoms with Crippen LogP contribution in [-0.2, 0) is 0 Å². The van der Waals surface area contributed by atoms with E-state index in [9.17, 15) is 9.90 Å². The van der Waals surface area contributed by atoms with Gasteiger partial charge in [-0.25, -0.2) is 0 Å². The number of carbonyl (C=O) groups is 1. The van der Waals surface area contributed by atoms with Crippen LogP contribution in [0.4, 0.5) is 5.69 Å². The van der Waals surface area contributed by atoms with Gasteiger partial charge in [0.25, 0.3) is 5.91 Å². The lowest BCUT2D eigenvalue weighted by Crippen LogP contribution is -2.52. The zero-order valence-electron chi connectivity index (χ0n) is 23.5. The maximum atomic E-state index is 12.7. The highest BCUT2D eigenvalue weighted by Gasteiger charge is 2.36. The molecule has 3 heterocycles. The topological polar surface area (TPSA) is 105 Å². The maximum Gasteiger partial charge on any atom is 0.250 e. The van der Waals surface area contributed by atoms with Crippen LogP contribution in [0.15, 0.2) is 97.2 Å². The minimum atomic E-state index is -0.912. The number of anilines is 1. The number of fused-ring (bicyclic) bond motifs is 4. The van der Waals surface area contributed by atoms with Crippen LogP contribution in [0.3, 0.4) is 0 Å². The molecule has 210 valence electrons. The van der Waals surface area contributed by atoms with Crippen LogP contribution in [0.25, 0.3) is 49.5 Å². The Morgan fingerprint density at radius 1 is 0.976 bits per heavy atom. The summed E-state index contributed by atoms with van der Waals surface area (Å²) in [5, 5.41) is 21.6. The minimum absolute atomic E-state index is 0.314. The molecule has 42 heavy (non-hydrogen) atoms. The van der Waals surface area contributed by atoms with E-state index in [1.807, 2.05) is 49.5 Å². The monoisotopic (exact) mass is 555 g/mol. The molecule has 1 unspecified atom stereocenters. The first-order valence-electron chi connectivity index (χ1n) is 14.4. The molecule has 4 aromatic carbocycles. The predicted molar refractivity (Wildman–Crippen MR) is 170 cm³/mol. The summed E-state index contributed by atoms with van der Waals surface area (Å²) in [6, 6.07) is 30.2. The first kappa shape index (κ1) is 26.2. The van der Waals surface area contributed by atoms with Crippen molar-refractivity contribution in [2.24, 2.45) is 5.73 Å². The van der Waals surface area contributed by atoms with E-state index >= 15 is 0 Å². The summed E-state index contributed by atoms with van der Waals surface area (Å²) in [6.07, 6.45) is 3.17. The molecule has 1 aliphatic rings. The van der Waals surface area contributed by atoms with Crippen LogP contribution in [0.1, 0.15) is 30.1 Å². The minimum Gasteiger partial charge on any atom is -0.388 e. The molecule has 1 aliphatic heterocycles. The molecule has 7 rings (SSSR count). The normalized spacial score (nSPS) is 15.7. The molecule has 2 aromatic heterocycles. The second-order valence-electron chi connectivity index (χ2n) is 11.3. The van der Waals surface area contributed by atoms with Crippen molar-refractivity contribution in [2.75, 3.05) is 18.4 Å². The number of nitrogens with two attached hydrogens (primary N) is 1. The van der Waals surface area contributed by atoms with Crippen molar-refractivity contribution < 1.29 is 9.90 Å². The zero-order valence-corrected chi connectivity index (χ0v) is 23.5. The van der Waals surface area contributed by atoms with Gasteiger partial charge >= 0.3 is 0 Å². The Hall–Kier alpha value is -4.72. The Kier molecular flexibility index (Phi) is 6.41. The van der Waals surface area contributed by atoms with Crippen molar-refractivity contribution in [1.82, 2.24) is 14.9 Å². The quantitative estimate of drug-likeness (QED) is 0.201. The van der Waals surface area contributed by atoms with Crippen LogP contribution in [-0.4, -0.2) is 45.3 Å². The number of hydrogen-bond donors (Lipinski definition) is 4. The second kappa shape index (κ2) is 10.3. The smallest absolute Gasteiger partial charge is 0.250 e. The highest BCUT2D eigenvalue weighted by molar-refractivity contribution is 6.16. The van der Waals surface area contributed by atoms with Crippen molar-refractivity contribution in [2.45, 2.75) is 31.4 Å². The zero-order chi connectivity index (χ0) is 28.8. The summed E-state index contributed by atoms with van der Waals surface area (Å²) in [4.78, 5) is 17.5. The first-order valence-corrected chi connectivity index (χ1v) is 14.4. The van der Waals surface area contributed by atoms with Crippen LogP contribution < -0.4 is 16.4 Å². The molecule has 0 spiro atoms. The Morgan fingerprint density at radius 3 is 2.55 bits per heavy atom. The van der Waals surface area contributed by atoms with Crippen molar-refractivity contribution >= 4 is 44.3 Å². The van der Waals surface area contributed by atoms with Gasteiger partial charge in [0.2, 0.25) is 0 Å². The molecule has 0 aliphatic carbocycles. The van der Waals surface area contributed by atoms with Gasteiger partial charge in [-0.05, 0) is 74.8 Å². The third kappa shape index (κ3) is 4.29. The first-order chi connectivity index (χ1) is 20.4. The molecule has 7 nitrogen and oxygen atoms in total. The molecule has 0 saturated carbocycles. The summed E-state index contributed by atoms with van der Waals surface area (Å²) in [5.41, 5.74) is 11.9. The lowest BCUT2D eigenvalue weighted by atomic mass is 9.85. The number of nitrogens with one attached hydrogen (secondary N) is 2. The third-order valence-electron chi connectivity index (χ3n) is 8.78. The maximum absolute atomic E-state index is 12.7. The SMILES string of the molecule is CC(Nc1c(C(N)=O)cccc1-n1c2ccccc2c2c(-c3cnc4ccccc4c3)cccc21)C1(O)CCNCC1. The number of carbonyl (C=O) groups excluding carboxylic acids is 1. The van der Waals surface area contributed by atoms with Crippen molar-refractivity contribution in [3.05, 3.63) is 103 Å². The highest BCUT2D eigenvalue weighted by Crippen LogP contribution is 2.41. The number of nitrogens with zero attached hydrogens (tertiary/aromatic N) is 2. The number of aliphatic hydroxyl groups is 1. The van der Waals surface area contributed by atoms with Gasteiger partial charge in [-0.15, -0.1) is 0 Å². The van der Waals surface area contributed by atoms with Gasteiger partial charge in [0.1, 0.15) is 0 Å². The van der Waals surface area contributed by atoms with E-state index in [2.05, 4.69) is 63.7 Å². The Bertz CT molecular complexity index is 1970.